The minimum atomic E-state index is 0.695. The Labute approximate surface area is 203 Å². The van der Waals surface area contributed by atoms with E-state index in [1.165, 1.54) is 0 Å². The minimum Gasteiger partial charge on any atom is -0.264 e. The SMILES string of the molecule is Brc1cc(Br)cc(-c2cc(-c3cccc(-c4cccnc4)c3)nc(-c3ccccc3)n2)c1. The lowest BCUT2D eigenvalue weighted by atomic mass is 10.0. The Bertz CT molecular complexity index is 1370. The summed E-state index contributed by atoms with van der Waals surface area (Å²) in [5.74, 6) is 0.695. The molecule has 154 valence electrons. The number of pyridine rings is 1. The van der Waals surface area contributed by atoms with Crippen molar-refractivity contribution in [3.05, 3.63) is 112 Å². The summed E-state index contributed by atoms with van der Waals surface area (Å²) in [6.45, 7) is 0. The second kappa shape index (κ2) is 9.15. The van der Waals surface area contributed by atoms with Gasteiger partial charge in [-0.3, -0.25) is 4.98 Å². The maximum absolute atomic E-state index is 4.93. The van der Waals surface area contributed by atoms with Gasteiger partial charge in [-0.05, 0) is 42.0 Å². The molecule has 0 aliphatic heterocycles. The molecule has 0 N–H and O–H groups in total. The lowest BCUT2D eigenvalue weighted by Crippen LogP contribution is -1.96. The van der Waals surface area contributed by atoms with Crippen LogP contribution in [0, 0.1) is 0 Å². The summed E-state index contributed by atoms with van der Waals surface area (Å²) in [6, 6.07) is 30.6. The molecule has 3 aromatic carbocycles. The van der Waals surface area contributed by atoms with Crippen molar-refractivity contribution in [2.24, 2.45) is 0 Å². The summed E-state index contributed by atoms with van der Waals surface area (Å²) in [5, 5.41) is 0. The fraction of sp³-hybridized carbons (Fsp3) is 0. The van der Waals surface area contributed by atoms with Gasteiger partial charge in [-0.2, -0.15) is 0 Å². The average Bonchev–Trinajstić information content (AvgIpc) is 2.84. The molecule has 5 aromatic rings. The second-order valence-corrected chi connectivity index (χ2v) is 9.14. The number of rotatable bonds is 4. The molecule has 3 nitrogen and oxygen atoms in total. The first-order chi connectivity index (χ1) is 15.7. The van der Waals surface area contributed by atoms with E-state index in [2.05, 4.69) is 79.3 Å². The van der Waals surface area contributed by atoms with Crippen LogP contribution in [0.2, 0.25) is 0 Å². The van der Waals surface area contributed by atoms with Crippen LogP contribution in [0.3, 0.4) is 0 Å². The van der Waals surface area contributed by atoms with E-state index in [0.717, 1.165) is 48.2 Å². The average molecular weight is 543 g/mol. The molecule has 0 amide bonds. The van der Waals surface area contributed by atoms with Crippen LogP contribution in [0.1, 0.15) is 0 Å². The zero-order valence-electron chi connectivity index (χ0n) is 16.9. The van der Waals surface area contributed by atoms with Gasteiger partial charge >= 0.3 is 0 Å². The molecular formula is C27H17Br2N3. The van der Waals surface area contributed by atoms with E-state index in [9.17, 15) is 0 Å². The van der Waals surface area contributed by atoms with E-state index < -0.39 is 0 Å². The Kier molecular flexibility index (Phi) is 5.93. The lowest BCUT2D eigenvalue weighted by Gasteiger charge is -2.11. The van der Waals surface area contributed by atoms with Gasteiger partial charge in [-0.25, -0.2) is 9.97 Å². The summed E-state index contributed by atoms with van der Waals surface area (Å²) < 4.78 is 1.98. The predicted molar refractivity (Wildman–Crippen MR) is 137 cm³/mol. The molecule has 0 unspecified atom stereocenters. The van der Waals surface area contributed by atoms with Crippen LogP contribution in [0.5, 0.6) is 0 Å². The van der Waals surface area contributed by atoms with Gasteiger partial charge in [-0.15, -0.1) is 0 Å². The number of halogens is 2. The van der Waals surface area contributed by atoms with Gasteiger partial charge in [0.25, 0.3) is 0 Å². The van der Waals surface area contributed by atoms with Crippen LogP contribution >= 0.6 is 31.9 Å². The summed E-state index contributed by atoms with van der Waals surface area (Å²) in [5.41, 5.74) is 6.92. The van der Waals surface area contributed by atoms with Crippen molar-refractivity contribution in [3.8, 4) is 45.0 Å². The number of hydrogen-bond acceptors (Lipinski definition) is 3. The third kappa shape index (κ3) is 4.54. The maximum Gasteiger partial charge on any atom is 0.160 e. The maximum atomic E-state index is 4.93. The summed E-state index contributed by atoms with van der Waals surface area (Å²) >= 11 is 7.19. The van der Waals surface area contributed by atoms with E-state index in [-0.39, 0.29) is 0 Å². The van der Waals surface area contributed by atoms with Gasteiger partial charge in [0, 0.05) is 43.6 Å². The van der Waals surface area contributed by atoms with Crippen LogP contribution in [0.15, 0.2) is 112 Å². The number of benzene rings is 3. The van der Waals surface area contributed by atoms with Crippen LogP contribution in [-0.4, -0.2) is 15.0 Å². The number of nitrogens with zero attached hydrogens (tertiary/aromatic N) is 3. The molecule has 2 aromatic heterocycles. The van der Waals surface area contributed by atoms with E-state index in [0.29, 0.717) is 5.82 Å². The smallest absolute Gasteiger partial charge is 0.160 e. The van der Waals surface area contributed by atoms with Gasteiger partial charge in [0.2, 0.25) is 0 Å². The van der Waals surface area contributed by atoms with Crippen molar-refractivity contribution in [1.82, 2.24) is 15.0 Å². The van der Waals surface area contributed by atoms with Crippen molar-refractivity contribution in [3.63, 3.8) is 0 Å². The molecule has 5 heteroatoms. The molecule has 0 aliphatic carbocycles. The van der Waals surface area contributed by atoms with Crippen molar-refractivity contribution in [1.29, 1.82) is 0 Å². The molecule has 5 rings (SSSR count). The molecule has 0 atom stereocenters. The van der Waals surface area contributed by atoms with E-state index in [1.54, 1.807) is 6.20 Å². The normalized spacial score (nSPS) is 10.8. The van der Waals surface area contributed by atoms with Gasteiger partial charge in [-0.1, -0.05) is 86.5 Å². The zero-order valence-corrected chi connectivity index (χ0v) is 20.1. The molecule has 0 fully saturated rings. The first kappa shape index (κ1) is 20.7. The largest absolute Gasteiger partial charge is 0.264 e. The summed E-state index contributed by atoms with van der Waals surface area (Å²) in [6.07, 6.45) is 3.66. The Morgan fingerprint density at radius 1 is 0.500 bits per heavy atom. The fourth-order valence-corrected chi connectivity index (χ4v) is 4.85. The summed E-state index contributed by atoms with van der Waals surface area (Å²) in [7, 11) is 0. The highest BCUT2D eigenvalue weighted by molar-refractivity contribution is 9.11. The molecule has 0 radical (unpaired) electrons. The number of aromatic nitrogens is 3. The Morgan fingerprint density at radius 2 is 1.16 bits per heavy atom. The minimum absolute atomic E-state index is 0.695. The van der Waals surface area contributed by atoms with Gasteiger partial charge in [0.05, 0.1) is 11.4 Å². The zero-order chi connectivity index (χ0) is 21.9. The highest BCUT2D eigenvalue weighted by atomic mass is 79.9. The molecule has 0 saturated heterocycles. The molecule has 0 saturated carbocycles. The molecule has 2 heterocycles. The van der Waals surface area contributed by atoms with Gasteiger partial charge < -0.3 is 0 Å². The lowest BCUT2D eigenvalue weighted by molar-refractivity contribution is 1.18. The molecule has 0 bridgehead atoms. The van der Waals surface area contributed by atoms with E-state index >= 15 is 0 Å². The quantitative estimate of drug-likeness (QED) is 0.230. The van der Waals surface area contributed by atoms with Gasteiger partial charge in [0.1, 0.15) is 0 Å². The van der Waals surface area contributed by atoms with Crippen molar-refractivity contribution in [2.45, 2.75) is 0 Å². The third-order valence-corrected chi connectivity index (χ3v) is 5.99. The van der Waals surface area contributed by atoms with E-state index in [4.69, 9.17) is 9.97 Å². The first-order valence-corrected chi connectivity index (χ1v) is 11.7. The monoisotopic (exact) mass is 541 g/mol. The van der Waals surface area contributed by atoms with Crippen molar-refractivity contribution < 1.29 is 0 Å². The summed E-state index contributed by atoms with van der Waals surface area (Å²) in [4.78, 5) is 14.1. The second-order valence-electron chi connectivity index (χ2n) is 7.31. The molecule has 0 spiro atoms. The van der Waals surface area contributed by atoms with E-state index in [1.807, 2.05) is 54.7 Å². The highest BCUT2D eigenvalue weighted by Gasteiger charge is 2.12. The van der Waals surface area contributed by atoms with Crippen LogP contribution in [0.4, 0.5) is 0 Å². The topological polar surface area (TPSA) is 38.7 Å². The predicted octanol–water partition coefficient (Wildman–Crippen LogP) is 8.06. The standard InChI is InChI=1S/C27H17Br2N3/c28-23-13-22(14-24(29)15-23)26-16-25(31-27(32-26)18-6-2-1-3-7-18)20-9-4-8-19(12-20)21-10-5-11-30-17-21/h1-17H. The molecule has 0 aliphatic rings. The highest BCUT2D eigenvalue weighted by Crippen LogP contribution is 2.32. The Morgan fingerprint density at radius 3 is 1.88 bits per heavy atom. The Balaban J connectivity index is 1.69. The van der Waals surface area contributed by atoms with Crippen LogP contribution in [0.25, 0.3) is 45.0 Å². The van der Waals surface area contributed by atoms with Crippen molar-refractivity contribution >= 4 is 31.9 Å². The van der Waals surface area contributed by atoms with Crippen molar-refractivity contribution in [2.75, 3.05) is 0 Å². The third-order valence-electron chi connectivity index (χ3n) is 5.07. The fourth-order valence-electron chi connectivity index (χ4n) is 3.55. The van der Waals surface area contributed by atoms with Crippen LogP contribution < -0.4 is 0 Å². The molecule has 32 heavy (non-hydrogen) atoms. The first-order valence-electron chi connectivity index (χ1n) is 10.1. The van der Waals surface area contributed by atoms with Crippen LogP contribution in [-0.2, 0) is 0 Å². The van der Waals surface area contributed by atoms with Gasteiger partial charge in [0.15, 0.2) is 5.82 Å². The molecular weight excluding hydrogens is 526 g/mol. The number of hydrogen-bond donors (Lipinski definition) is 0. The Hall–Kier alpha value is -3.15.